The molecule has 1 saturated heterocycles. The number of hydrogen-bond acceptors (Lipinski definition) is 4. The molecule has 168 valence electrons. The summed E-state index contributed by atoms with van der Waals surface area (Å²) in [5.74, 6) is -0.0165. The number of nitrogens with one attached hydrogen (secondary N) is 1. The molecule has 1 amide bonds. The number of benzene rings is 2. The van der Waals surface area contributed by atoms with Crippen LogP contribution in [0, 0.1) is 0 Å². The zero-order valence-corrected chi connectivity index (χ0v) is 19.1. The van der Waals surface area contributed by atoms with Gasteiger partial charge in [0.15, 0.2) is 0 Å². The fourth-order valence-electron chi connectivity index (χ4n) is 3.48. The lowest BCUT2D eigenvalue weighted by atomic mass is 10.1. The molecule has 2 aromatic carbocycles. The summed E-state index contributed by atoms with van der Waals surface area (Å²) in [4.78, 5) is 19.3. The molecule has 8 heteroatoms. The van der Waals surface area contributed by atoms with Crippen LogP contribution in [0.15, 0.2) is 66.7 Å². The summed E-state index contributed by atoms with van der Waals surface area (Å²) >= 11 is 1.56. The maximum absolute atomic E-state index is 12.6. The second kappa shape index (κ2) is 12.4. The van der Waals surface area contributed by atoms with Crippen LogP contribution >= 0.6 is 23.7 Å². The average molecular weight is 464 g/mol. The van der Waals surface area contributed by atoms with E-state index in [2.05, 4.69) is 52.5 Å². The van der Waals surface area contributed by atoms with E-state index in [1.807, 2.05) is 36.4 Å². The number of hydrogen-bond donors (Lipinski definition) is 1. The van der Waals surface area contributed by atoms with Crippen molar-refractivity contribution in [2.24, 2.45) is 0 Å². The number of thiophene rings is 1. The number of nitrogens with zero attached hydrogens (tertiary/aromatic N) is 2. The Balaban J connectivity index is 0.00000160. The van der Waals surface area contributed by atoms with E-state index in [0.717, 1.165) is 41.5 Å². The minimum absolute atomic E-state index is 0. The number of anilines is 1. The van der Waals surface area contributed by atoms with Gasteiger partial charge in [-0.05, 0) is 30.8 Å². The Kier molecular flexibility index (Phi) is 10.7. The van der Waals surface area contributed by atoms with Crippen LogP contribution in [-0.2, 0) is 6.54 Å². The molecular weight excluding hydrogens is 434 g/mol. The quantitative estimate of drug-likeness (QED) is 0.629. The zero-order valence-electron chi connectivity index (χ0n) is 17.5. The number of carbonyl (C=O) groups excluding carboxylic acids is 1. The Labute approximate surface area is 193 Å². The molecule has 0 radical (unpaired) electrons. The van der Waals surface area contributed by atoms with Crippen LogP contribution < -0.4 is 10.2 Å². The molecule has 1 aliphatic heterocycles. The van der Waals surface area contributed by atoms with Crippen LogP contribution in [0.4, 0.5) is 5.69 Å². The third kappa shape index (κ3) is 6.53. The van der Waals surface area contributed by atoms with Gasteiger partial charge in [0, 0.05) is 48.9 Å². The largest absolute Gasteiger partial charge is 0.412 e. The molecule has 0 saturated carbocycles. The first-order valence-corrected chi connectivity index (χ1v) is 10.5. The zero-order chi connectivity index (χ0) is 19.3. The molecule has 0 aliphatic carbocycles. The summed E-state index contributed by atoms with van der Waals surface area (Å²) in [6.45, 7) is 4.76. The normalized spacial score (nSPS) is 13.4. The van der Waals surface area contributed by atoms with E-state index >= 15 is 0 Å². The Hall–Kier alpha value is -2.42. The molecule has 4 rings (SSSR count). The van der Waals surface area contributed by atoms with Gasteiger partial charge in [0.1, 0.15) is 0 Å². The van der Waals surface area contributed by atoms with Crippen molar-refractivity contribution in [2.45, 2.75) is 6.54 Å². The van der Waals surface area contributed by atoms with Crippen LogP contribution in [0.2, 0.25) is 0 Å². The van der Waals surface area contributed by atoms with Crippen molar-refractivity contribution in [2.75, 3.05) is 38.1 Å². The number of carbonyl (C=O) groups is 1. The Bertz CT molecular complexity index is 944. The molecule has 0 spiro atoms. The van der Waals surface area contributed by atoms with E-state index < -0.39 is 0 Å². The van der Waals surface area contributed by atoms with Gasteiger partial charge in [0.25, 0.3) is 5.91 Å². The molecule has 5 N–H and O–H groups in total. The highest BCUT2D eigenvalue weighted by molar-refractivity contribution is 7.17. The van der Waals surface area contributed by atoms with E-state index in [-0.39, 0.29) is 29.3 Å². The molecule has 0 bridgehead atoms. The topological polar surface area (TPSA) is 98.6 Å². The lowest BCUT2D eigenvalue weighted by molar-refractivity contribution is 0.0955. The van der Waals surface area contributed by atoms with Gasteiger partial charge in [-0.1, -0.05) is 48.5 Å². The van der Waals surface area contributed by atoms with E-state index in [1.165, 1.54) is 11.3 Å². The Morgan fingerprint density at radius 1 is 0.903 bits per heavy atom. The fraction of sp³-hybridized carbons (Fsp3) is 0.261. The summed E-state index contributed by atoms with van der Waals surface area (Å²) in [7, 11) is 2.17. The predicted octanol–water partition coefficient (Wildman–Crippen LogP) is 2.87. The smallest absolute Gasteiger partial charge is 0.261 e. The van der Waals surface area contributed by atoms with Crippen LogP contribution in [0.1, 0.15) is 15.2 Å². The predicted molar refractivity (Wildman–Crippen MR) is 132 cm³/mol. The van der Waals surface area contributed by atoms with Gasteiger partial charge in [0.2, 0.25) is 0 Å². The van der Waals surface area contributed by atoms with Crippen molar-refractivity contribution in [3.05, 3.63) is 77.2 Å². The Morgan fingerprint density at radius 2 is 1.55 bits per heavy atom. The number of likely N-dealkylation sites (N-methyl/N-ethyl adjacent to an activating group) is 1. The number of halogens is 1. The van der Waals surface area contributed by atoms with Crippen molar-refractivity contribution in [3.8, 4) is 10.4 Å². The second-order valence-electron chi connectivity index (χ2n) is 7.14. The monoisotopic (exact) mass is 463 g/mol. The van der Waals surface area contributed by atoms with Gasteiger partial charge < -0.3 is 26.1 Å². The molecule has 3 aromatic rings. The highest BCUT2D eigenvalue weighted by Gasteiger charge is 2.19. The van der Waals surface area contributed by atoms with Crippen molar-refractivity contribution in [1.82, 2.24) is 10.2 Å². The van der Waals surface area contributed by atoms with Crippen LogP contribution in [0.5, 0.6) is 0 Å². The summed E-state index contributed by atoms with van der Waals surface area (Å²) in [6.07, 6.45) is 0. The van der Waals surface area contributed by atoms with E-state index in [1.54, 1.807) is 11.3 Å². The van der Waals surface area contributed by atoms with Crippen molar-refractivity contribution < 1.29 is 15.7 Å². The maximum Gasteiger partial charge on any atom is 0.261 e. The minimum Gasteiger partial charge on any atom is -0.412 e. The van der Waals surface area contributed by atoms with Gasteiger partial charge in [-0.25, -0.2) is 0 Å². The molecule has 0 atom stereocenters. The first kappa shape index (κ1) is 26.6. The molecule has 1 aliphatic rings. The molecular formula is C23H30ClN3O3S. The number of piperazine rings is 1. The van der Waals surface area contributed by atoms with Crippen LogP contribution in [0.3, 0.4) is 0 Å². The first-order valence-electron chi connectivity index (χ1n) is 9.65. The lowest BCUT2D eigenvalue weighted by Gasteiger charge is -2.35. The molecule has 6 nitrogen and oxygen atoms in total. The highest BCUT2D eigenvalue weighted by atomic mass is 35.5. The molecule has 2 heterocycles. The van der Waals surface area contributed by atoms with Gasteiger partial charge in [-0.2, -0.15) is 0 Å². The SMILES string of the molecule is CN1CCN(c2ccccc2-c2ccc(C(=O)NCc3ccccc3)s2)CC1.Cl.O.O. The molecule has 1 fully saturated rings. The molecule has 1 aromatic heterocycles. The third-order valence-electron chi connectivity index (χ3n) is 5.14. The highest BCUT2D eigenvalue weighted by Crippen LogP contribution is 2.35. The summed E-state index contributed by atoms with van der Waals surface area (Å²) in [5.41, 5.74) is 3.57. The number of amides is 1. The van der Waals surface area contributed by atoms with Gasteiger partial charge in [-0.3, -0.25) is 4.79 Å². The second-order valence-corrected chi connectivity index (χ2v) is 8.22. The summed E-state index contributed by atoms with van der Waals surface area (Å²) in [6, 6.07) is 22.5. The van der Waals surface area contributed by atoms with Crippen molar-refractivity contribution in [3.63, 3.8) is 0 Å². The van der Waals surface area contributed by atoms with Gasteiger partial charge in [0.05, 0.1) is 4.88 Å². The standard InChI is InChI=1S/C23H25N3OS.ClH.2H2O/c1-25-13-15-26(16-14-25)20-10-6-5-9-19(20)21-11-12-22(28-21)23(27)24-17-18-7-3-2-4-8-18;;;/h2-12H,13-17H2,1H3,(H,24,27);1H;2*1H2. The van der Waals surface area contributed by atoms with Crippen molar-refractivity contribution in [1.29, 1.82) is 0 Å². The minimum atomic E-state index is -0.0165. The first-order chi connectivity index (χ1) is 13.7. The van der Waals surface area contributed by atoms with Crippen molar-refractivity contribution >= 4 is 35.3 Å². The maximum atomic E-state index is 12.6. The van der Waals surface area contributed by atoms with Crippen LogP contribution in [0.25, 0.3) is 10.4 Å². The van der Waals surface area contributed by atoms with E-state index in [4.69, 9.17) is 0 Å². The third-order valence-corrected chi connectivity index (χ3v) is 6.26. The van der Waals surface area contributed by atoms with Gasteiger partial charge in [-0.15, -0.1) is 23.7 Å². The average Bonchev–Trinajstić information content (AvgIpc) is 3.24. The molecule has 0 unspecified atom stereocenters. The molecule has 31 heavy (non-hydrogen) atoms. The van der Waals surface area contributed by atoms with Crippen LogP contribution in [-0.4, -0.2) is 55.0 Å². The van der Waals surface area contributed by atoms with E-state index in [0.29, 0.717) is 6.54 Å². The summed E-state index contributed by atoms with van der Waals surface area (Å²) < 4.78 is 0. The lowest BCUT2D eigenvalue weighted by Crippen LogP contribution is -2.44. The van der Waals surface area contributed by atoms with E-state index in [9.17, 15) is 4.79 Å². The number of rotatable bonds is 5. The number of para-hydroxylation sites is 1. The van der Waals surface area contributed by atoms with Gasteiger partial charge >= 0.3 is 0 Å². The Morgan fingerprint density at radius 3 is 2.26 bits per heavy atom. The summed E-state index contributed by atoms with van der Waals surface area (Å²) in [5, 5.41) is 3.02. The fourth-order valence-corrected chi connectivity index (χ4v) is 4.43.